The first-order valence-electron chi connectivity index (χ1n) is 9.39. The molecule has 2 unspecified atom stereocenters. The smallest absolute Gasteiger partial charge is 0.240 e. The molecule has 1 saturated heterocycles. The number of nitrogens with one attached hydrogen (secondary N) is 2. The van der Waals surface area contributed by atoms with Gasteiger partial charge in [0, 0.05) is 40.3 Å². The molecule has 2 atom stereocenters. The van der Waals surface area contributed by atoms with Gasteiger partial charge in [0.1, 0.15) is 0 Å². The summed E-state index contributed by atoms with van der Waals surface area (Å²) in [5, 5.41) is 3.37. The predicted molar refractivity (Wildman–Crippen MR) is 108 cm³/mol. The molecule has 1 aliphatic rings. The second kappa shape index (κ2) is 10.1. The minimum atomic E-state index is -3.53. The fraction of sp³-hybridized carbons (Fsp3) is 0.632. The first-order chi connectivity index (χ1) is 12.9. The second-order valence-electron chi connectivity index (χ2n) is 7.29. The van der Waals surface area contributed by atoms with Crippen molar-refractivity contribution >= 4 is 16.0 Å². The highest BCUT2D eigenvalue weighted by Gasteiger charge is 2.24. The van der Waals surface area contributed by atoms with Gasteiger partial charge in [-0.2, -0.15) is 0 Å². The van der Waals surface area contributed by atoms with Gasteiger partial charge in [0.25, 0.3) is 0 Å². The van der Waals surface area contributed by atoms with E-state index in [1.165, 1.54) is 13.5 Å². The molecule has 1 aromatic rings. The molecular weight excluding hydrogens is 364 g/mol. The van der Waals surface area contributed by atoms with Crippen LogP contribution in [0, 0.1) is 11.8 Å². The van der Waals surface area contributed by atoms with Crippen molar-refractivity contribution in [3.63, 3.8) is 0 Å². The SMILES string of the molecule is CN=C(NCc1cccc(S(=O)(=O)NCCOC)c1)N1CC(C)CC(C)C1. The number of aliphatic imine (C=N–C) groups is 1. The van der Waals surface area contributed by atoms with Gasteiger partial charge < -0.3 is 15.0 Å². The van der Waals surface area contributed by atoms with E-state index in [9.17, 15) is 8.42 Å². The maximum absolute atomic E-state index is 12.4. The lowest BCUT2D eigenvalue weighted by atomic mass is 9.92. The van der Waals surface area contributed by atoms with Crippen molar-refractivity contribution in [3.8, 4) is 0 Å². The van der Waals surface area contributed by atoms with E-state index in [4.69, 9.17) is 4.74 Å². The molecule has 1 aliphatic heterocycles. The number of benzene rings is 1. The summed E-state index contributed by atoms with van der Waals surface area (Å²) in [6.07, 6.45) is 1.24. The van der Waals surface area contributed by atoms with Gasteiger partial charge in [0.2, 0.25) is 10.0 Å². The Hall–Kier alpha value is -1.64. The Labute approximate surface area is 163 Å². The van der Waals surface area contributed by atoms with Crippen molar-refractivity contribution in [2.45, 2.75) is 31.7 Å². The van der Waals surface area contributed by atoms with Crippen LogP contribution in [0.5, 0.6) is 0 Å². The number of rotatable bonds is 7. The number of hydrogen-bond donors (Lipinski definition) is 2. The summed E-state index contributed by atoms with van der Waals surface area (Å²) < 4.78 is 32.1. The summed E-state index contributed by atoms with van der Waals surface area (Å²) in [5.74, 6) is 2.14. The molecule has 1 aromatic carbocycles. The highest BCUT2D eigenvalue weighted by atomic mass is 32.2. The standard InChI is InChI=1S/C19H32N4O3S/c1-15-10-16(2)14-23(13-15)19(20-3)21-12-17-6-5-7-18(11-17)27(24,25)22-8-9-26-4/h5-7,11,15-16,22H,8-10,12-14H2,1-4H3,(H,20,21). The quantitative estimate of drug-likeness (QED) is 0.416. The van der Waals surface area contributed by atoms with E-state index in [1.807, 2.05) is 6.07 Å². The molecule has 2 N–H and O–H groups in total. The molecular formula is C19H32N4O3S. The highest BCUT2D eigenvalue weighted by Crippen LogP contribution is 2.21. The van der Waals surface area contributed by atoms with E-state index in [-0.39, 0.29) is 11.4 Å². The van der Waals surface area contributed by atoms with Gasteiger partial charge in [-0.25, -0.2) is 13.1 Å². The Morgan fingerprint density at radius 3 is 2.63 bits per heavy atom. The van der Waals surface area contributed by atoms with Gasteiger partial charge in [-0.3, -0.25) is 4.99 Å². The molecule has 0 amide bonds. The van der Waals surface area contributed by atoms with Crippen LogP contribution in [-0.4, -0.2) is 59.7 Å². The Morgan fingerprint density at radius 2 is 2.00 bits per heavy atom. The Balaban J connectivity index is 2.01. The van der Waals surface area contributed by atoms with E-state index >= 15 is 0 Å². The third-order valence-corrected chi connectivity index (χ3v) is 6.10. The maximum Gasteiger partial charge on any atom is 0.240 e. The van der Waals surface area contributed by atoms with Crippen molar-refractivity contribution in [1.29, 1.82) is 0 Å². The Bertz CT molecular complexity index is 726. The second-order valence-corrected chi connectivity index (χ2v) is 9.06. The summed E-state index contributed by atoms with van der Waals surface area (Å²) >= 11 is 0. The van der Waals surface area contributed by atoms with Crippen LogP contribution in [0.25, 0.3) is 0 Å². The lowest BCUT2D eigenvalue weighted by Crippen LogP contribution is -2.48. The van der Waals surface area contributed by atoms with Gasteiger partial charge in [0.15, 0.2) is 5.96 Å². The van der Waals surface area contributed by atoms with E-state index in [0.29, 0.717) is 25.0 Å². The fourth-order valence-electron chi connectivity index (χ4n) is 3.53. The monoisotopic (exact) mass is 396 g/mol. The van der Waals surface area contributed by atoms with Crippen LogP contribution in [0.4, 0.5) is 0 Å². The van der Waals surface area contributed by atoms with Crippen molar-refractivity contribution < 1.29 is 13.2 Å². The zero-order valence-corrected chi connectivity index (χ0v) is 17.6. The van der Waals surface area contributed by atoms with Crippen molar-refractivity contribution in [2.24, 2.45) is 16.8 Å². The molecule has 27 heavy (non-hydrogen) atoms. The number of hydrogen-bond acceptors (Lipinski definition) is 4. The summed E-state index contributed by atoms with van der Waals surface area (Å²) in [4.78, 5) is 6.94. The molecule has 0 aromatic heterocycles. The minimum Gasteiger partial charge on any atom is -0.383 e. The molecule has 8 heteroatoms. The summed E-state index contributed by atoms with van der Waals surface area (Å²) in [5.41, 5.74) is 0.892. The number of sulfonamides is 1. The zero-order chi connectivity index (χ0) is 19.9. The van der Waals surface area contributed by atoms with E-state index in [2.05, 4.69) is 33.8 Å². The molecule has 0 spiro atoms. The minimum absolute atomic E-state index is 0.249. The van der Waals surface area contributed by atoms with Crippen LogP contribution in [0.3, 0.4) is 0 Å². The summed E-state index contributed by atoms with van der Waals surface area (Å²) in [6, 6.07) is 6.96. The lowest BCUT2D eigenvalue weighted by molar-refractivity contribution is 0.204. The normalized spacial score (nSPS) is 21.3. The van der Waals surface area contributed by atoms with Gasteiger partial charge in [-0.1, -0.05) is 26.0 Å². The number of piperidine rings is 1. The van der Waals surface area contributed by atoms with Crippen LogP contribution in [-0.2, 0) is 21.3 Å². The van der Waals surface area contributed by atoms with Crippen LogP contribution < -0.4 is 10.0 Å². The van der Waals surface area contributed by atoms with E-state index < -0.39 is 10.0 Å². The van der Waals surface area contributed by atoms with Crippen molar-refractivity contribution in [3.05, 3.63) is 29.8 Å². The van der Waals surface area contributed by atoms with Gasteiger partial charge in [0.05, 0.1) is 11.5 Å². The molecule has 7 nitrogen and oxygen atoms in total. The third-order valence-electron chi connectivity index (χ3n) is 4.64. The van der Waals surface area contributed by atoms with Crippen LogP contribution in [0.2, 0.25) is 0 Å². The van der Waals surface area contributed by atoms with Gasteiger partial charge >= 0.3 is 0 Å². The largest absolute Gasteiger partial charge is 0.383 e. The topological polar surface area (TPSA) is 83.0 Å². The number of nitrogens with zero attached hydrogens (tertiary/aromatic N) is 2. The van der Waals surface area contributed by atoms with Crippen molar-refractivity contribution in [2.75, 3.05) is 40.4 Å². The Kier molecular flexibility index (Phi) is 8.07. The molecule has 1 fully saturated rings. The molecule has 0 aliphatic carbocycles. The number of ether oxygens (including phenoxy) is 1. The number of likely N-dealkylation sites (tertiary alicyclic amines) is 1. The molecule has 0 saturated carbocycles. The zero-order valence-electron chi connectivity index (χ0n) is 16.7. The van der Waals surface area contributed by atoms with Crippen molar-refractivity contribution in [1.82, 2.24) is 14.9 Å². The maximum atomic E-state index is 12.4. The molecule has 1 heterocycles. The van der Waals surface area contributed by atoms with E-state index in [0.717, 1.165) is 24.6 Å². The third kappa shape index (κ3) is 6.48. The van der Waals surface area contributed by atoms with Crippen LogP contribution in [0.1, 0.15) is 25.8 Å². The fourth-order valence-corrected chi connectivity index (χ4v) is 4.62. The van der Waals surface area contributed by atoms with Crippen LogP contribution >= 0.6 is 0 Å². The predicted octanol–water partition coefficient (Wildman–Crippen LogP) is 1.66. The average molecular weight is 397 g/mol. The summed E-state index contributed by atoms with van der Waals surface area (Å²) in [7, 11) is -0.209. The summed E-state index contributed by atoms with van der Waals surface area (Å²) in [6.45, 7) is 7.61. The molecule has 0 radical (unpaired) electrons. The first-order valence-corrected chi connectivity index (χ1v) is 10.9. The number of methoxy groups -OCH3 is 1. The molecule has 0 bridgehead atoms. The number of guanidine groups is 1. The average Bonchev–Trinajstić information content (AvgIpc) is 2.62. The highest BCUT2D eigenvalue weighted by molar-refractivity contribution is 7.89. The van der Waals surface area contributed by atoms with E-state index in [1.54, 1.807) is 25.2 Å². The first kappa shape index (κ1) is 21.7. The van der Waals surface area contributed by atoms with Crippen LogP contribution in [0.15, 0.2) is 34.2 Å². The van der Waals surface area contributed by atoms with Gasteiger partial charge in [-0.05, 0) is 36.0 Å². The Morgan fingerprint density at radius 1 is 1.30 bits per heavy atom. The molecule has 2 rings (SSSR count). The van der Waals surface area contributed by atoms with Gasteiger partial charge in [-0.15, -0.1) is 0 Å². The lowest BCUT2D eigenvalue weighted by Gasteiger charge is -2.37. The molecule has 152 valence electrons.